The molecule has 0 aromatic heterocycles. The Kier molecular flexibility index (Phi) is 11.1. The monoisotopic (exact) mass is 506 g/mol. The lowest BCUT2D eigenvalue weighted by atomic mass is 10.1. The minimum Gasteiger partial charge on any atom is -0.489 e. The van der Waals surface area contributed by atoms with E-state index in [9.17, 15) is 14.3 Å². The number of nitrogens with one attached hydrogen (secondary N) is 1. The maximum Gasteiger partial charge on any atom is 0.410 e. The molecule has 2 N–H and O–H groups in total. The van der Waals surface area contributed by atoms with E-state index in [1.807, 2.05) is 48.5 Å². The minimum absolute atomic E-state index is 0.0772. The van der Waals surface area contributed by atoms with Crippen LogP contribution >= 0.6 is 0 Å². The molecule has 0 fully saturated rings. The fourth-order valence-electron chi connectivity index (χ4n) is 3.85. The highest BCUT2D eigenvalue weighted by atomic mass is 19.1. The fraction of sp³-hybridized carbons (Fsp3) is 0.300. The summed E-state index contributed by atoms with van der Waals surface area (Å²) in [7, 11) is 0. The van der Waals surface area contributed by atoms with Crippen molar-refractivity contribution in [1.29, 1.82) is 0 Å². The minimum atomic E-state index is -0.858. The molecule has 0 heterocycles. The van der Waals surface area contributed by atoms with E-state index in [2.05, 4.69) is 24.9 Å². The molecule has 1 amide bonds. The number of hydrogen-bond acceptors (Lipinski definition) is 5. The number of aliphatic hydroxyl groups is 1. The van der Waals surface area contributed by atoms with E-state index in [1.165, 1.54) is 22.6 Å². The number of carbonyl (C=O) groups excluding carboxylic acids is 1. The predicted octanol–water partition coefficient (Wildman–Crippen LogP) is 5.24. The average molecular weight is 507 g/mol. The lowest BCUT2D eigenvalue weighted by Crippen LogP contribution is -2.41. The lowest BCUT2D eigenvalue weighted by molar-refractivity contribution is 0.0656. The van der Waals surface area contributed by atoms with E-state index in [-0.39, 0.29) is 26.3 Å². The Bertz CT molecular complexity index is 1140. The van der Waals surface area contributed by atoms with Gasteiger partial charge in [0.1, 0.15) is 24.8 Å². The standard InChI is InChI=1S/C30H35FN2O4/c1-3-13-36-29-16-26(15-27(31)17-29)18-32-19-28(34)21-33(20-25-12-8-11-23(4-2)14-25)30(35)37-22-24-9-6-5-7-10-24/h3,5-12,14-17,28,32,34H,1,4,13,18-22H2,2H3. The molecular weight excluding hydrogens is 471 g/mol. The first-order valence-electron chi connectivity index (χ1n) is 12.4. The Morgan fingerprint density at radius 1 is 1.05 bits per heavy atom. The third-order valence-electron chi connectivity index (χ3n) is 5.68. The van der Waals surface area contributed by atoms with Gasteiger partial charge in [-0.1, -0.05) is 74.2 Å². The van der Waals surface area contributed by atoms with E-state index < -0.39 is 18.0 Å². The summed E-state index contributed by atoms with van der Waals surface area (Å²) in [6, 6.07) is 21.9. The van der Waals surface area contributed by atoms with Gasteiger partial charge in [-0.15, -0.1) is 0 Å². The van der Waals surface area contributed by atoms with E-state index in [0.29, 0.717) is 24.4 Å². The summed E-state index contributed by atoms with van der Waals surface area (Å²) in [4.78, 5) is 14.5. The molecule has 0 saturated carbocycles. The molecule has 7 heteroatoms. The van der Waals surface area contributed by atoms with Crippen molar-refractivity contribution in [3.63, 3.8) is 0 Å². The van der Waals surface area contributed by atoms with Crippen molar-refractivity contribution in [2.24, 2.45) is 0 Å². The van der Waals surface area contributed by atoms with Gasteiger partial charge in [0.15, 0.2) is 0 Å². The summed E-state index contributed by atoms with van der Waals surface area (Å²) in [5.74, 6) is 0.0134. The molecule has 37 heavy (non-hydrogen) atoms. The molecule has 1 atom stereocenters. The van der Waals surface area contributed by atoms with Gasteiger partial charge in [0.25, 0.3) is 0 Å². The molecule has 3 aromatic carbocycles. The number of amides is 1. The number of aryl methyl sites for hydroxylation is 1. The van der Waals surface area contributed by atoms with Crippen LogP contribution in [0.4, 0.5) is 9.18 Å². The van der Waals surface area contributed by atoms with Crippen LogP contribution in [0.1, 0.15) is 29.2 Å². The zero-order valence-electron chi connectivity index (χ0n) is 21.2. The largest absolute Gasteiger partial charge is 0.489 e. The van der Waals surface area contributed by atoms with Crippen molar-refractivity contribution in [1.82, 2.24) is 10.2 Å². The maximum absolute atomic E-state index is 13.9. The molecule has 0 bridgehead atoms. The lowest BCUT2D eigenvalue weighted by Gasteiger charge is -2.25. The van der Waals surface area contributed by atoms with Gasteiger partial charge in [0.2, 0.25) is 0 Å². The normalized spacial score (nSPS) is 11.5. The first-order valence-corrected chi connectivity index (χ1v) is 12.4. The summed E-state index contributed by atoms with van der Waals surface area (Å²) in [5, 5.41) is 13.8. The first kappa shape index (κ1) is 27.9. The van der Waals surface area contributed by atoms with Crippen LogP contribution in [0.25, 0.3) is 0 Å². The van der Waals surface area contributed by atoms with E-state index >= 15 is 0 Å². The summed E-state index contributed by atoms with van der Waals surface area (Å²) in [5.41, 5.74) is 3.70. The van der Waals surface area contributed by atoms with Crippen LogP contribution in [0.5, 0.6) is 5.75 Å². The average Bonchev–Trinajstić information content (AvgIpc) is 2.90. The molecule has 3 aromatic rings. The van der Waals surface area contributed by atoms with Crippen LogP contribution in [-0.4, -0.2) is 41.9 Å². The zero-order valence-corrected chi connectivity index (χ0v) is 21.2. The Morgan fingerprint density at radius 2 is 1.81 bits per heavy atom. The second-order valence-electron chi connectivity index (χ2n) is 8.77. The van der Waals surface area contributed by atoms with Crippen LogP contribution in [0.3, 0.4) is 0 Å². The topological polar surface area (TPSA) is 71.0 Å². The van der Waals surface area contributed by atoms with Gasteiger partial charge in [-0.25, -0.2) is 9.18 Å². The van der Waals surface area contributed by atoms with Gasteiger partial charge in [-0.2, -0.15) is 0 Å². The molecule has 0 radical (unpaired) electrons. The van der Waals surface area contributed by atoms with Gasteiger partial charge < -0.3 is 24.8 Å². The van der Waals surface area contributed by atoms with Crippen LogP contribution in [0, 0.1) is 5.82 Å². The Balaban J connectivity index is 1.59. The zero-order chi connectivity index (χ0) is 26.5. The third kappa shape index (κ3) is 9.71. The summed E-state index contributed by atoms with van der Waals surface area (Å²) in [6.07, 6.45) is 1.12. The van der Waals surface area contributed by atoms with Crippen molar-refractivity contribution >= 4 is 6.09 Å². The highest BCUT2D eigenvalue weighted by Crippen LogP contribution is 2.17. The SMILES string of the molecule is C=CCOc1cc(F)cc(CNCC(O)CN(Cc2cccc(CC)c2)C(=O)OCc2ccccc2)c1. The number of carbonyl (C=O) groups is 1. The maximum atomic E-state index is 13.9. The van der Waals surface area contributed by atoms with Crippen molar-refractivity contribution in [2.45, 2.75) is 39.1 Å². The first-order chi connectivity index (χ1) is 18.0. The Morgan fingerprint density at radius 3 is 2.57 bits per heavy atom. The third-order valence-corrected chi connectivity index (χ3v) is 5.68. The summed E-state index contributed by atoms with van der Waals surface area (Å²) >= 11 is 0. The van der Waals surface area contributed by atoms with E-state index in [4.69, 9.17) is 9.47 Å². The Labute approximate surface area is 218 Å². The summed E-state index contributed by atoms with van der Waals surface area (Å²) < 4.78 is 24.9. The molecule has 0 saturated heterocycles. The smallest absolute Gasteiger partial charge is 0.410 e. The van der Waals surface area contributed by atoms with Gasteiger partial charge >= 0.3 is 6.09 Å². The molecule has 0 spiro atoms. The molecule has 0 aliphatic rings. The summed E-state index contributed by atoms with van der Waals surface area (Å²) in [6.45, 7) is 7.02. The number of nitrogens with zero attached hydrogens (tertiary/aromatic N) is 1. The molecule has 6 nitrogen and oxygen atoms in total. The molecule has 0 aliphatic heterocycles. The van der Waals surface area contributed by atoms with Crippen LogP contribution in [0.15, 0.2) is 85.5 Å². The number of halogens is 1. The molecule has 0 aliphatic carbocycles. The van der Waals surface area contributed by atoms with Crippen molar-refractivity contribution in [2.75, 3.05) is 19.7 Å². The van der Waals surface area contributed by atoms with Gasteiger partial charge in [0.05, 0.1) is 12.6 Å². The second-order valence-corrected chi connectivity index (χ2v) is 8.77. The van der Waals surface area contributed by atoms with Crippen molar-refractivity contribution in [3.8, 4) is 5.75 Å². The highest BCUT2D eigenvalue weighted by molar-refractivity contribution is 5.67. The van der Waals surface area contributed by atoms with Gasteiger partial charge in [-0.05, 0) is 40.8 Å². The molecule has 1 unspecified atom stereocenters. The molecule has 196 valence electrons. The predicted molar refractivity (Wildman–Crippen MR) is 143 cm³/mol. The number of rotatable bonds is 14. The van der Waals surface area contributed by atoms with Crippen molar-refractivity contribution < 1.29 is 23.8 Å². The number of hydrogen-bond donors (Lipinski definition) is 2. The van der Waals surface area contributed by atoms with Crippen molar-refractivity contribution in [3.05, 3.63) is 114 Å². The second kappa shape index (κ2) is 14.8. The number of aliphatic hydroxyl groups excluding tert-OH is 1. The highest BCUT2D eigenvalue weighted by Gasteiger charge is 2.20. The fourth-order valence-corrected chi connectivity index (χ4v) is 3.85. The van der Waals surface area contributed by atoms with Gasteiger partial charge in [0, 0.05) is 25.7 Å². The molecular formula is C30H35FN2O4. The number of benzene rings is 3. The van der Waals surface area contributed by atoms with E-state index in [0.717, 1.165) is 17.5 Å². The molecule has 3 rings (SSSR count). The Hall–Kier alpha value is -3.68. The van der Waals surface area contributed by atoms with Crippen LogP contribution < -0.4 is 10.1 Å². The van der Waals surface area contributed by atoms with Gasteiger partial charge in [-0.3, -0.25) is 0 Å². The quantitative estimate of drug-likeness (QED) is 0.293. The van der Waals surface area contributed by atoms with E-state index in [1.54, 1.807) is 12.1 Å². The van der Waals surface area contributed by atoms with Crippen LogP contribution in [-0.2, 0) is 30.9 Å². The van der Waals surface area contributed by atoms with Crippen LogP contribution in [0.2, 0.25) is 0 Å². The number of ether oxygens (including phenoxy) is 2.